The molecule has 1 amide bonds. The fraction of sp³-hybridized carbons (Fsp3) is 0.682. The maximum atomic E-state index is 12.8. The first-order chi connectivity index (χ1) is 13.5. The summed E-state index contributed by atoms with van der Waals surface area (Å²) in [6, 6.07) is 4.54. The van der Waals surface area contributed by atoms with E-state index in [-0.39, 0.29) is 18.1 Å². The van der Waals surface area contributed by atoms with Crippen molar-refractivity contribution in [2.45, 2.75) is 89.4 Å². The third kappa shape index (κ3) is 5.49. The molecule has 28 heavy (non-hydrogen) atoms. The normalized spacial score (nSPS) is 23.7. The van der Waals surface area contributed by atoms with Gasteiger partial charge < -0.3 is 16.2 Å². The first kappa shape index (κ1) is 21.6. The smallest absolute Gasteiger partial charge is 0.251 e. The number of aliphatic hydroxyl groups is 1. The molecule has 0 atom stereocenters. The van der Waals surface area contributed by atoms with Crippen LogP contribution in [0.5, 0.6) is 0 Å². The number of carbonyl (C=O) groups excluding carboxylic acids is 1. The Hall–Kier alpha value is -1.11. The second-order valence-electron chi connectivity index (χ2n) is 8.36. The summed E-state index contributed by atoms with van der Waals surface area (Å²) in [5.74, 6) is -0.0518. The summed E-state index contributed by atoms with van der Waals surface area (Å²) < 4.78 is 0.786. The Bertz CT molecular complexity index is 668. The lowest BCUT2D eigenvalue weighted by molar-refractivity contribution is 0.0867. The molecule has 1 aromatic rings. The molecule has 0 saturated heterocycles. The molecule has 0 heterocycles. The molecule has 6 heteroatoms. The van der Waals surface area contributed by atoms with E-state index in [2.05, 4.69) is 33.1 Å². The van der Waals surface area contributed by atoms with Crippen molar-refractivity contribution in [3.63, 3.8) is 0 Å². The summed E-state index contributed by atoms with van der Waals surface area (Å²) in [4.78, 5) is 15.3. The molecule has 2 aliphatic rings. The second kappa shape index (κ2) is 10.1. The highest BCUT2D eigenvalue weighted by Crippen LogP contribution is 2.30. The fourth-order valence-corrected chi connectivity index (χ4v) is 5.09. The summed E-state index contributed by atoms with van der Waals surface area (Å²) in [5, 5.41) is 12.8. The van der Waals surface area contributed by atoms with Crippen molar-refractivity contribution in [1.82, 2.24) is 10.2 Å². The number of rotatable bonds is 6. The van der Waals surface area contributed by atoms with Crippen molar-refractivity contribution < 1.29 is 9.90 Å². The van der Waals surface area contributed by atoms with Crippen LogP contribution in [-0.2, 0) is 6.54 Å². The standard InChI is InChI=1S/C22H34BrN3O2/c1-2-26(18-6-4-3-5-7-18)14-16-12-15(13-20(23)21(16)24)22(28)25-17-8-10-19(27)11-9-17/h12-13,17-19,27H,2-11,14,24H2,1H3,(H,25,28). The number of amides is 1. The third-order valence-electron chi connectivity index (χ3n) is 6.38. The number of hydrogen-bond donors (Lipinski definition) is 3. The van der Waals surface area contributed by atoms with Gasteiger partial charge in [-0.15, -0.1) is 0 Å². The zero-order valence-corrected chi connectivity index (χ0v) is 18.5. The van der Waals surface area contributed by atoms with Gasteiger partial charge in [0.2, 0.25) is 0 Å². The van der Waals surface area contributed by atoms with Gasteiger partial charge in [0, 0.05) is 28.7 Å². The van der Waals surface area contributed by atoms with Gasteiger partial charge in [0.05, 0.1) is 11.8 Å². The number of nitrogens with two attached hydrogens (primary N) is 1. The summed E-state index contributed by atoms with van der Waals surface area (Å²) in [6.07, 6.45) is 9.43. The van der Waals surface area contributed by atoms with Crippen molar-refractivity contribution in [2.75, 3.05) is 12.3 Å². The molecule has 0 aliphatic heterocycles. The Morgan fingerprint density at radius 3 is 2.50 bits per heavy atom. The number of benzene rings is 1. The Morgan fingerprint density at radius 2 is 1.86 bits per heavy atom. The highest BCUT2D eigenvalue weighted by Gasteiger charge is 2.24. The molecule has 5 nitrogen and oxygen atoms in total. The third-order valence-corrected chi connectivity index (χ3v) is 7.04. The first-order valence-electron chi connectivity index (χ1n) is 10.8. The molecule has 0 radical (unpaired) electrons. The average molecular weight is 452 g/mol. The minimum Gasteiger partial charge on any atom is -0.398 e. The fourth-order valence-electron chi connectivity index (χ4n) is 4.59. The van der Waals surface area contributed by atoms with Gasteiger partial charge in [-0.05, 0) is 78.7 Å². The number of aliphatic hydroxyl groups excluding tert-OH is 1. The molecule has 0 spiro atoms. The number of carbonyl (C=O) groups is 1. The average Bonchev–Trinajstić information content (AvgIpc) is 2.71. The molecule has 0 bridgehead atoms. The molecule has 156 valence electrons. The van der Waals surface area contributed by atoms with Crippen LogP contribution < -0.4 is 11.1 Å². The van der Waals surface area contributed by atoms with Gasteiger partial charge in [0.25, 0.3) is 5.91 Å². The van der Waals surface area contributed by atoms with Crippen molar-refractivity contribution in [1.29, 1.82) is 0 Å². The van der Waals surface area contributed by atoms with Crippen LogP contribution >= 0.6 is 15.9 Å². The molecule has 4 N–H and O–H groups in total. The summed E-state index contributed by atoms with van der Waals surface area (Å²) in [6.45, 7) is 3.97. The molecule has 2 saturated carbocycles. The van der Waals surface area contributed by atoms with Gasteiger partial charge in [0.15, 0.2) is 0 Å². The van der Waals surface area contributed by atoms with E-state index in [0.717, 1.165) is 54.5 Å². The highest BCUT2D eigenvalue weighted by molar-refractivity contribution is 9.10. The Balaban J connectivity index is 1.71. The van der Waals surface area contributed by atoms with E-state index in [4.69, 9.17) is 5.73 Å². The maximum absolute atomic E-state index is 12.8. The Labute approximate surface area is 177 Å². The van der Waals surface area contributed by atoms with Gasteiger partial charge in [-0.1, -0.05) is 26.2 Å². The first-order valence-corrected chi connectivity index (χ1v) is 11.6. The molecule has 1 aromatic carbocycles. The van der Waals surface area contributed by atoms with E-state index in [1.165, 1.54) is 32.1 Å². The summed E-state index contributed by atoms with van der Waals surface area (Å²) >= 11 is 3.55. The topological polar surface area (TPSA) is 78.6 Å². The molecular weight excluding hydrogens is 418 g/mol. The largest absolute Gasteiger partial charge is 0.398 e. The maximum Gasteiger partial charge on any atom is 0.251 e. The van der Waals surface area contributed by atoms with Crippen LogP contribution in [0.3, 0.4) is 0 Å². The predicted molar refractivity (Wildman–Crippen MR) is 117 cm³/mol. The molecule has 0 aromatic heterocycles. The van der Waals surface area contributed by atoms with E-state index in [1.807, 2.05) is 12.1 Å². The van der Waals surface area contributed by atoms with Crippen LogP contribution in [0.4, 0.5) is 5.69 Å². The number of nitrogens with one attached hydrogen (secondary N) is 1. The number of nitrogens with zero attached hydrogens (tertiary/aromatic N) is 1. The highest BCUT2D eigenvalue weighted by atomic mass is 79.9. The lowest BCUT2D eigenvalue weighted by atomic mass is 9.92. The van der Waals surface area contributed by atoms with Crippen LogP contribution in [0.2, 0.25) is 0 Å². The summed E-state index contributed by atoms with van der Waals surface area (Å²) in [7, 11) is 0. The molecule has 2 aliphatic carbocycles. The number of nitrogen functional groups attached to an aromatic ring is 1. The zero-order chi connectivity index (χ0) is 20.1. The van der Waals surface area contributed by atoms with Gasteiger partial charge in [-0.3, -0.25) is 9.69 Å². The van der Waals surface area contributed by atoms with Crippen molar-refractivity contribution >= 4 is 27.5 Å². The minimum absolute atomic E-state index is 0.0518. The monoisotopic (exact) mass is 451 g/mol. The predicted octanol–water partition coefficient (Wildman–Crippen LogP) is 4.22. The lowest BCUT2D eigenvalue weighted by Crippen LogP contribution is -2.39. The SMILES string of the molecule is CCN(Cc1cc(C(=O)NC2CCC(O)CC2)cc(Br)c1N)C1CCCCC1. The van der Waals surface area contributed by atoms with E-state index in [9.17, 15) is 9.90 Å². The van der Waals surface area contributed by atoms with Gasteiger partial charge in [-0.25, -0.2) is 0 Å². The second-order valence-corrected chi connectivity index (χ2v) is 9.22. The number of halogens is 1. The van der Waals surface area contributed by atoms with Crippen molar-refractivity contribution in [3.05, 3.63) is 27.7 Å². The van der Waals surface area contributed by atoms with Crippen molar-refractivity contribution in [2.24, 2.45) is 0 Å². The Morgan fingerprint density at radius 1 is 1.18 bits per heavy atom. The zero-order valence-electron chi connectivity index (χ0n) is 16.9. The summed E-state index contributed by atoms with van der Waals surface area (Å²) in [5.41, 5.74) is 8.75. The van der Waals surface area contributed by atoms with Crippen LogP contribution in [0.1, 0.15) is 80.6 Å². The van der Waals surface area contributed by atoms with E-state index >= 15 is 0 Å². The van der Waals surface area contributed by atoms with Crippen LogP contribution in [0.15, 0.2) is 16.6 Å². The minimum atomic E-state index is -0.217. The van der Waals surface area contributed by atoms with E-state index < -0.39 is 0 Å². The lowest BCUT2D eigenvalue weighted by Gasteiger charge is -2.34. The van der Waals surface area contributed by atoms with Gasteiger partial charge >= 0.3 is 0 Å². The molecule has 2 fully saturated rings. The molecule has 0 unspecified atom stereocenters. The van der Waals surface area contributed by atoms with E-state index in [1.54, 1.807) is 0 Å². The molecule has 3 rings (SSSR count). The van der Waals surface area contributed by atoms with Gasteiger partial charge in [0.1, 0.15) is 0 Å². The number of hydrogen-bond acceptors (Lipinski definition) is 4. The Kier molecular flexibility index (Phi) is 7.77. The molecular formula is C22H34BrN3O2. The van der Waals surface area contributed by atoms with Crippen LogP contribution in [0, 0.1) is 0 Å². The van der Waals surface area contributed by atoms with Crippen molar-refractivity contribution in [3.8, 4) is 0 Å². The number of anilines is 1. The van der Waals surface area contributed by atoms with Crippen LogP contribution in [-0.4, -0.2) is 40.6 Å². The van der Waals surface area contributed by atoms with Gasteiger partial charge in [-0.2, -0.15) is 0 Å². The van der Waals surface area contributed by atoms with E-state index in [0.29, 0.717) is 11.6 Å². The van der Waals surface area contributed by atoms with Crippen LogP contribution in [0.25, 0.3) is 0 Å². The quantitative estimate of drug-likeness (QED) is 0.565.